The van der Waals surface area contributed by atoms with Crippen molar-refractivity contribution >= 4 is 72.9 Å². The van der Waals surface area contributed by atoms with E-state index in [1.807, 2.05) is 0 Å². The monoisotopic (exact) mass is 702 g/mol. The van der Waals surface area contributed by atoms with E-state index in [0.29, 0.717) is 11.4 Å². The number of rotatable bonds is 8. The number of H-pyrrole nitrogens is 2. The normalized spacial score (nSPS) is 12.4. The van der Waals surface area contributed by atoms with Gasteiger partial charge in [-0.2, -0.15) is 10.2 Å². The summed E-state index contributed by atoms with van der Waals surface area (Å²) in [6, 6.07) is 20.7. The molecule has 4 aromatic carbocycles. The van der Waals surface area contributed by atoms with E-state index in [4.69, 9.17) is 0 Å². The molecule has 0 saturated heterocycles. The van der Waals surface area contributed by atoms with E-state index in [-0.39, 0.29) is 19.6 Å². The smallest absolute Gasteiger partial charge is 0.263 e. The molecule has 0 atom stereocenters. The number of sulfone groups is 2. The van der Waals surface area contributed by atoms with Crippen molar-refractivity contribution in [2.45, 2.75) is 19.6 Å². The van der Waals surface area contributed by atoms with Crippen LogP contribution in [0.2, 0.25) is 0 Å². The van der Waals surface area contributed by atoms with Crippen LogP contribution in [0.25, 0.3) is 21.8 Å². The third kappa shape index (κ3) is 7.20. The second kappa shape index (κ2) is 12.2. The molecule has 0 radical (unpaired) electrons. The molecule has 46 heavy (non-hydrogen) atoms. The van der Waals surface area contributed by atoms with Gasteiger partial charge in [-0.1, -0.05) is 24.3 Å². The minimum Gasteiger partial charge on any atom is -0.280 e. The Morgan fingerprint density at radius 1 is 0.500 bits per heavy atom. The predicted molar refractivity (Wildman–Crippen MR) is 173 cm³/mol. The summed E-state index contributed by atoms with van der Waals surface area (Å²) in [7, 11) is -15.4. The van der Waals surface area contributed by atoms with Crippen LogP contribution >= 0.6 is 0 Å². The van der Waals surface area contributed by atoms with Crippen molar-refractivity contribution in [3.05, 3.63) is 97.3 Å². The van der Waals surface area contributed by atoms with E-state index < -0.39 is 39.7 Å². The van der Waals surface area contributed by atoms with Crippen molar-refractivity contribution in [2.24, 2.45) is 0 Å². The molecular weight excluding hydrogens is 677 g/mol. The lowest BCUT2D eigenvalue weighted by Gasteiger charge is -2.11. The van der Waals surface area contributed by atoms with Crippen LogP contribution in [0.3, 0.4) is 0 Å². The maximum absolute atomic E-state index is 12.5. The average Bonchev–Trinajstić information content (AvgIpc) is 3.65. The maximum Gasteiger partial charge on any atom is 0.263 e. The van der Waals surface area contributed by atoms with Crippen LogP contribution < -0.4 is 9.44 Å². The van der Waals surface area contributed by atoms with Gasteiger partial charge in [0, 0.05) is 34.7 Å². The van der Waals surface area contributed by atoms with Gasteiger partial charge in [0.2, 0.25) is 0 Å². The van der Waals surface area contributed by atoms with E-state index in [1.54, 1.807) is 48.8 Å². The Bertz CT molecular complexity index is 2350. The van der Waals surface area contributed by atoms with Gasteiger partial charge in [-0.15, -0.1) is 0 Å². The fourth-order valence-electron chi connectivity index (χ4n) is 4.39. The summed E-state index contributed by atoms with van der Waals surface area (Å²) in [5, 5.41) is 14.7. The molecule has 0 aliphatic heterocycles. The Morgan fingerprint density at radius 3 is 1.20 bits per heavy atom. The van der Waals surface area contributed by atoms with Gasteiger partial charge in [0.1, 0.15) is 9.79 Å². The van der Waals surface area contributed by atoms with Crippen LogP contribution in [-0.2, 0) is 39.7 Å². The standard InChI is InChI=1S/2C14H13N3O4S2/c2*1-22(18,19)13-4-2-3-5-14(13)23(20,21)17-11-6-7-12-10(8-11)9-15-16-12/h2*2-9,17H,1H3,(H,15,16). The fraction of sp³-hybridized carbons (Fsp3) is 0.0714. The minimum absolute atomic E-state index is 0.239. The van der Waals surface area contributed by atoms with Gasteiger partial charge in [-0.05, 0) is 60.7 Å². The highest BCUT2D eigenvalue weighted by Gasteiger charge is 2.25. The van der Waals surface area contributed by atoms with Crippen molar-refractivity contribution in [1.29, 1.82) is 0 Å². The van der Waals surface area contributed by atoms with E-state index in [0.717, 1.165) is 34.3 Å². The number of aromatic amines is 2. The number of nitrogens with one attached hydrogen (secondary N) is 4. The molecule has 0 aliphatic carbocycles. The predicted octanol–water partition coefficient (Wildman–Crippen LogP) is 3.53. The first-order valence-corrected chi connectivity index (χ1v) is 19.8. The summed E-state index contributed by atoms with van der Waals surface area (Å²) < 4.78 is 102. The number of aromatic nitrogens is 4. The molecule has 0 fully saturated rings. The van der Waals surface area contributed by atoms with Gasteiger partial charge >= 0.3 is 0 Å². The van der Waals surface area contributed by atoms with E-state index in [1.165, 1.54) is 48.5 Å². The Balaban J connectivity index is 0.000000181. The van der Waals surface area contributed by atoms with Crippen LogP contribution in [0.4, 0.5) is 11.4 Å². The molecular formula is C28H26N6O8S4. The van der Waals surface area contributed by atoms with Crippen molar-refractivity contribution in [3.63, 3.8) is 0 Å². The Labute approximate surface area is 264 Å². The third-order valence-corrected chi connectivity index (χ3v) is 11.9. The molecule has 6 aromatic rings. The first kappa shape index (κ1) is 32.6. The topological polar surface area (TPSA) is 218 Å². The number of sulfonamides is 2. The summed E-state index contributed by atoms with van der Waals surface area (Å²) in [5.74, 6) is 0. The lowest BCUT2D eigenvalue weighted by molar-refractivity contribution is 0.588. The molecule has 4 N–H and O–H groups in total. The Hall–Kier alpha value is -4.78. The second-order valence-electron chi connectivity index (χ2n) is 9.99. The number of anilines is 2. The molecule has 240 valence electrons. The summed E-state index contributed by atoms with van der Waals surface area (Å²) in [4.78, 5) is -1.04. The Morgan fingerprint density at radius 2 is 0.848 bits per heavy atom. The van der Waals surface area contributed by atoms with Gasteiger partial charge in [0.25, 0.3) is 20.0 Å². The molecule has 2 aromatic heterocycles. The molecule has 0 saturated carbocycles. The van der Waals surface area contributed by atoms with Crippen LogP contribution in [-0.4, -0.2) is 66.6 Å². The third-order valence-electron chi connectivity index (χ3n) is 6.46. The molecule has 0 unspecified atom stereocenters. The van der Waals surface area contributed by atoms with Gasteiger partial charge in [-0.3, -0.25) is 19.6 Å². The molecule has 2 heterocycles. The summed E-state index contributed by atoms with van der Waals surface area (Å²) >= 11 is 0. The summed E-state index contributed by atoms with van der Waals surface area (Å²) in [6.45, 7) is 0. The van der Waals surface area contributed by atoms with Crippen LogP contribution in [0, 0.1) is 0 Å². The van der Waals surface area contributed by atoms with Gasteiger partial charge in [0.05, 0.1) is 33.2 Å². The van der Waals surface area contributed by atoms with Crippen molar-refractivity contribution in [3.8, 4) is 0 Å². The number of benzene rings is 4. The van der Waals surface area contributed by atoms with Crippen LogP contribution in [0.15, 0.2) is 117 Å². The molecule has 6 rings (SSSR count). The highest BCUT2D eigenvalue weighted by atomic mass is 32.2. The minimum atomic E-state index is -4.04. The molecule has 0 aliphatic rings. The van der Waals surface area contributed by atoms with Crippen LogP contribution in [0.5, 0.6) is 0 Å². The number of hydrogen-bond donors (Lipinski definition) is 4. The van der Waals surface area contributed by atoms with Crippen molar-refractivity contribution < 1.29 is 33.7 Å². The van der Waals surface area contributed by atoms with Gasteiger partial charge < -0.3 is 0 Å². The fourth-order valence-corrected chi connectivity index (χ4v) is 9.75. The first-order chi connectivity index (χ1) is 21.5. The van der Waals surface area contributed by atoms with E-state index >= 15 is 0 Å². The molecule has 0 bridgehead atoms. The zero-order valence-corrected chi connectivity index (χ0v) is 27.3. The molecule has 14 nitrogen and oxygen atoms in total. The van der Waals surface area contributed by atoms with Crippen molar-refractivity contribution in [1.82, 2.24) is 20.4 Å². The number of fused-ring (bicyclic) bond motifs is 2. The lowest BCUT2D eigenvalue weighted by atomic mass is 10.2. The van der Waals surface area contributed by atoms with Crippen LogP contribution in [0.1, 0.15) is 0 Å². The lowest BCUT2D eigenvalue weighted by Crippen LogP contribution is -2.16. The number of hydrogen-bond acceptors (Lipinski definition) is 10. The SMILES string of the molecule is CS(=O)(=O)c1ccccc1S(=O)(=O)Nc1ccc2[nH]ncc2c1.CS(=O)(=O)c1ccccc1S(=O)(=O)Nc1ccc2[nH]ncc2c1. The molecule has 0 spiro atoms. The maximum atomic E-state index is 12.5. The zero-order valence-electron chi connectivity index (χ0n) is 24.0. The highest BCUT2D eigenvalue weighted by Crippen LogP contribution is 2.26. The van der Waals surface area contributed by atoms with Crippen molar-refractivity contribution in [2.75, 3.05) is 22.0 Å². The largest absolute Gasteiger partial charge is 0.280 e. The van der Waals surface area contributed by atoms with E-state index in [2.05, 4.69) is 29.8 Å². The quantitative estimate of drug-likeness (QED) is 0.181. The Kier molecular flexibility index (Phi) is 8.65. The second-order valence-corrected chi connectivity index (χ2v) is 17.3. The van der Waals surface area contributed by atoms with E-state index in [9.17, 15) is 33.7 Å². The first-order valence-electron chi connectivity index (χ1n) is 13.0. The van der Waals surface area contributed by atoms with Gasteiger partial charge in [-0.25, -0.2) is 33.7 Å². The highest BCUT2D eigenvalue weighted by molar-refractivity contribution is 7.95. The zero-order chi connectivity index (χ0) is 33.3. The summed E-state index contributed by atoms with van der Waals surface area (Å²) in [6.07, 6.45) is 5.08. The molecule has 18 heteroatoms. The average molecular weight is 703 g/mol. The van der Waals surface area contributed by atoms with Gasteiger partial charge in [0.15, 0.2) is 19.7 Å². The number of nitrogens with zero attached hydrogens (tertiary/aromatic N) is 2. The molecule has 0 amide bonds. The summed E-state index contributed by atoms with van der Waals surface area (Å²) in [5.41, 5.74) is 2.18.